The van der Waals surface area contributed by atoms with Gasteiger partial charge >= 0.3 is 0 Å². The fraction of sp³-hybridized carbons (Fsp3) is 0.292. The lowest BCUT2D eigenvalue weighted by Gasteiger charge is -2.52. The number of halogens is 2. The molecule has 1 fully saturated rings. The Kier molecular flexibility index (Phi) is 6.08. The number of hydrogen-bond acceptors (Lipinski definition) is 6. The molecular formula is C24H22ClFN4O5. The maximum atomic E-state index is 13.5. The predicted octanol–water partition coefficient (Wildman–Crippen LogP) is 2.37. The first-order chi connectivity index (χ1) is 16.8. The number of ether oxygens (including phenoxy) is 2. The molecule has 0 saturated heterocycles. The van der Waals surface area contributed by atoms with Crippen molar-refractivity contribution in [2.45, 2.75) is 30.9 Å². The molecule has 9 nitrogen and oxygen atoms in total. The quantitative estimate of drug-likeness (QED) is 0.437. The SMILES string of the molecule is O=C(COc1ccn2nccc2c1)NC1=C2CC(NC(=O)COc3ccc(Cl)c(F)c3)(C2)[C@@H](O)C1. The third kappa shape index (κ3) is 4.80. The molecule has 2 heterocycles. The zero-order valence-corrected chi connectivity index (χ0v) is 19.2. The fourth-order valence-electron chi connectivity index (χ4n) is 4.38. The molecule has 2 bridgehead atoms. The molecule has 3 aromatic rings. The van der Waals surface area contributed by atoms with E-state index in [1.807, 2.05) is 6.07 Å². The Labute approximate surface area is 204 Å². The number of fused-ring (bicyclic) bond motifs is 3. The summed E-state index contributed by atoms with van der Waals surface area (Å²) in [5.74, 6) is -0.688. The summed E-state index contributed by atoms with van der Waals surface area (Å²) in [4.78, 5) is 24.8. The van der Waals surface area contributed by atoms with E-state index >= 15 is 0 Å². The molecule has 35 heavy (non-hydrogen) atoms. The van der Waals surface area contributed by atoms with E-state index in [0.717, 1.165) is 17.2 Å². The zero-order valence-electron chi connectivity index (χ0n) is 18.5. The van der Waals surface area contributed by atoms with Crippen LogP contribution >= 0.6 is 11.6 Å². The van der Waals surface area contributed by atoms with Gasteiger partial charge in [0, 0.05) is 36.6 Å². The number of nitrogens with zero attached hydrogens (tertiary/aromatic N) is 2. The second-order valence-electron chi connectivity index (χ2n) is 8.62. The summed E-state index contributed by atoms with van der Waals surface area (Å²) in [6.45, 7) is -0.512. The molecule has 6 rings (SSSR count). The Balaban J connectivity index is 1.11. The van der Waals surface area contributed by atoms with E-state index in [9.17, 15) is 19.1 Å². The highest BCUT2D eigenvalue weighted by molar-refractivity contribution is 6.30. The smallest absolute Gasteiger partial charge is 0.262 e. The van der Waals surface area contributed by atoms with Gasteiger partial charge in [-0.15, -0.1) is 0 Å². The van der Waals surface area contributed by atoms with Gasteiger partial charge in [0.2, 0.25) is 0 Å². The van der Waals surface area contributed by atoms with Gasteiger partial charge in [-0.2, -0.15) is 5.10 Å². The van der Waals surface area contributed by atoms with Crippen LogP contribution in [0.3, 0.4) is 0 Å². The van der Waals surface area contributed by atoms with E-state index in [2.05, 4.69) is 15.7 Å². The number of carbonyl (C=O) groups is 2. The molecule has 2 aromatic heterocycles. The monoisotopic (exact) mass is 500 g/mol. The summed E-state index contributed by atoms with van der Waals surface area (Å²) in [7, 11) is 0. The first-order valence-corrected chi connectivity index (χ1v) is 11.3. The molecule has 11 heteroatoms. The Bertz CT molecular complexity index is 1330. The van der Waals surface area contributed by atoms with Crippen LogP contribution in [0.25, 0.3) is 5.52 Å². The molecule has 1 atom stereocenters. The highest BCUT2D eigenvalue weighted by Crippen LogP contribution is 2.47. The molecule has 0 aliphatic heterocycles. The van der Waals surface area contributed by atoms with Crippen molar-refractivity contribution >= 4 is 28.9 Å². The number of hydrogen-bond donors (Lipinski definition) is 3. The van der Waals surface area contributed by atoms with Gasteiger partial charge in [-0.25, -0.2) is 8.91 Å². The van der Waals surface area contributed by atoms with E-state index in [4.69, 9.17) is 21.1 Å². The molecule has 3 aliphatic rings. The van der Waals surface area contributed by atoms with Crippen LogP contribution in [0.1, 0.15) is 19.3 Å². The van der Waals surface area contributed by atoms with E-state index in [0.29, 0.717) is 24.3 Å². The third-order valence-electron chi connectivity index (χ3n) is 6.20. The van der Waals surface area contributed by atoms with Gasteiger partial charge in [0.15, 0.2) is 13.2 Å². The minimum atomic E-state index is -0.877. The minimum absolute atomic E-state index is 0.0367. The number of nitrogens with one attached hydrogen (secondary N) is 2. The molecule has 0 radical (unpaired) electrons. The minimum Gasteiger partial charge on any atom is -0.484 e. The number of aliphatic hydroxyl groups excluding tert-OH is 1. The lowest BCUT2D eigenvalue weighted by Crippen LogP contribution is -2.65. The van der Waals surface area contributed by atoms with Crippen LogP contribution in [0, 0.1) is 5.82 Å². The molecule has 3 N–H and O–H groups in total. The Morgan fingerprint density at radius 3 is 2.63 bits per heavy atom. The normalized spacial score (nSPS) is 20.8. The molecule has 3 aliphatic carbocycles. The van der Waals surface area contributed by atoms with Gasteiger partial charge in [-0.3, -0.25) is 9.59 Å². The molecule has 182 valence electrons. The fourth-order valence-corrected chi connectivity index (χ4v) is 4.49. The van der Waals surface area contributed by atoms with E-state index in [1.165, 1.54) is 12.1 Å². The maximum absolute atomic E-state index is 13.5. The summed E-state index contributed by atoms with van der Waals surface area (Å²) < 4.78 is 26.1. The second-order valence-corrected chi connectivity index (χ2v) is 9.03. The number of benzene rings is 1. The van der Waals surface area contributed by atoms with Crippen molar-refractivity contribution in [2.24, 2.45) is 0 Å². The third-order valence-corrected chi connectivity index (χ3v) is 6.51. The van der Waals surface area contributed by atoms with E-state index in [-0.39, 0.29) is 36.3 Å². The predicted molar refractivity (Wildman–Crippen MR) is 123 cm³/mol. The highest BCUT2D eigenvalue weighted by atomic mass is 35.5. The van der Waals surface area contributed by atoms with E-state index < -0.39 is 23.4 Å². The topological polar surface area (TPSA) is 114 Å². The van der Waals surface area contributed by atoms with Crippen LogP contribution in [0.4, 0.5) is 4.39 Å². The van der Waals surface area contributed by atoms with Crippen molar-refractivity contribution in [3.8, 4) is 11.5 Å². The molecule has 1 saturated carbocycles. The van der Waals surface area contributed by atoms with Crippen molar-refractivity contribution in [3.63, 3.8) is 0 Å². The second kappa shape index (κ2) is 9.20. The number of pyridine rings is 1. The Morgan fingerprint density at radius 2 is 1.89 bits per heavy atom. The van der Waals surface area contributed by atoms with Crippen LogP contribution in [0.15, 0.2) is 60.1 Å². The first kappa shape index (κ1) is 23.1. The maximum Gasteiger partial charge on any atom is 0.262 e. The van der Waals surface area contributed by atoms with Gasteiger partial charge in [-0.05, 0) is 42.7 Å². The molecule has 0 unspecified atom stereocenters. The Morgan fingerprint density at radius 1 is 1.14 bits per heavy atom. The van der Waals surface area contributed by atoms with Crippen LogP contribution in [-0.4, -0.2) is 51.4 Å². The molecule has 1 aromatic carbocycles. The number of aromatic nitrogens is 2. The van der Waals surface area contributed by atoms with Crippen LogP contribution < -0.4 is 20.1 Å². The number of amides is 2. The first-order valence-electron chi connectivity index (χ1n) is 11.0. The van der Waals surface area contributed by atoms with Gasteiger partial charge in [-0.1, -0.05) is 11.6 Å². The van der Waals surface area contributed by atoms with Gasteiger partial charge in [0.1, 0.15) is 17.3 Å². The Hall–Kier alpha value is -3.63. The molecular weight excluding hydrogens is 479 g/mol. The van der Waals surface area contributed by atoms with Crippen LogP contribution in [0.2, 0.25) is 5.02 Å². The summed E-state index contributed by atoms with van der Waals surface area (Å²) in [6.07, 6.45) is 3.58. The number of carbonyl (C=O) groups excluding carboxylic acids is 2. The summed E-state index contributed by atoms with van der Waals surface area (Å²) in [5.41, 5.74) is 1.67. The zero-order chi connectivity index (χ0) is 24.6. The van der Waals surface area contributed by atoms with Crippen LogP contribution in [0.5, 0.6) is 11.5 Å². The standard InChI is InChI=1S/C24H22ClFN4O5/c25-18-2-1-16(8-19(18)26)35-13-23(33)29-24-10-14(11-24)20(9-21(24)31)28-22(32)12-34-17-4-6-30-15(7-17)3-5-27-30/h1-8,21,31H,9-13H2,(H,28,32)(H,29,33)/t21-/m0/s1. The number of rotatable bonds is 8. The van der Waals surface area contributed by atoms with Gasteiger partial charge < -0.3 is 25.2 Å². The van der Waals surface area contributed by atoms with Crippen LogP contribution in [-0.2, 0) is 9.59 Å². The van der Waals surface area contributed by atoms with Crippen molar-refractivity contribution in [2.75, 3.05) is 13.2 Å². The van der Waals surface area contributed by atoms with Gasteiger partial charge in [0.05, 0.1) is 22.2 Å². The summed E-state index contributed by atoms with van der Waals surface area (Å²) in [6, 6.07) is 9.23. The number of aliphatic hydroxyl groups is 1. The van der Waals surface area contributed by atoms with Gasteiger partial charge in [0.25, 0.3) is 11.8 Å². The average Bonchev–Trinajstić information content (AvgIpc) is 3.27. The van der Waals surface area contributed by atoms with Crippen molar-refractivity contribution in [1.82, 2.24) is 20.2 Å². The van der Waals surface area contributed by atoms with Crippen molar-refractivity contribution in [3.05, 3.63) is 70.9 Å². The average molecular weight is 501 g/mol. The largest absolute Gasteiger partial charge is 0.484 e. The summed E-state index contributed by atoms with van der Waals surface area (Å²) >= 11 is 5.64. The van der Waals surface area contributed by atoms with Crippen molar-refractivity contribution < 1.29 is 28.6 Å². The molecule has 0 spiro atoms. The molecule has 2 amide bonds. The lowest BCUT2D eigenvalue weighted by molar-refractivity contribution is -0.129. The summed E-state index contributed by atoms with van der Waals surface area (Å²) in [5, 5.41) is 20.4. The highest BCUT2D eigenvalue weighted by Gasteiger charge is 2.52. The van der Waals surface area contributed by atoms with E-state index in [1.54, 1.807) is 29.0 Å². The lowest BCUT2D eigenvalue weighted by atomic mass is 9.62. The van der Waals surface area contributed by atoms with Crippen molar-refractivity contribution in [1.29, 1.82) is 0 Å².